The predicted octanol–water partition coefficient (Wildman–Crippen LogP) is 3.20. The number of pyridine rings is 1. The van der Waals surface area contributed by atoms with E-state index in [1.54, 1.807) is 33.8 Å². The van der Waals surface area contributed by atoms with E-state index in [4.69, 9.17) is 16.3 Å². The molecule has 1 saturated heterocycles. The van der Waals surface area contributed by atoms with Gasteiger partial charge in [-0.25, -0.2) is 4.98 Å². The van der Waals surface area contributed by atoms with E-state index >= 15 is 0 Å². The molecule has 0 aliphatic carbocycles. The minimum absolute atomic E-state index is 0.0842. The lowest BCUT2D eigenvalue weighted by Crippen LogP contribution is -2.42. The molecule has 0 radical (unpaired) electrons. The second kappa shape index (κ2) is 6.26. The maximum absolute atomic E-state index is 12.8. The average molecular weight is 342 g/mol. The SMILES string of the molecule is O=C(c1cn2ccc(Cl)cc2n1)N1CCO[C@H](c2ccccc2)C1. The molecule has 0 unspecified atom stereocenters. The monoisotopic (exact) mass is 341 g/mol. The van der Waals surface area contributed by atoms with Gasteiger partial charge in [0.1, 0.15) is 17.4 Å². The third kappa shape index (κ3) is 2.88. The first kappa shape index (κ1) is 15.2. The van der Waals surface area contributed by atoms with Gasteiger partial charge in [-0.15, -0.1) is 0 Å². The maximum Gasteiger partial charge on any atom is 0.274 e. The van der Waals surface area contributed by atoms with E-state index in [-0.39, 0.29) is 12.0 Å². The number of carbonyl (C=O) groups is 1. The summed E-state index contributed by atoms with van der Waals surface area (Å²) in [6.45, 7) is 1.61. The predicted molar refractivity (Wildman–Crippen MR) is 91.2 cm³/mol. The number of rotatable bonds is 2. The van der Waals surface area contributed by atoms with E-state index in [0.29, 0.717) is 36.1 Å². The van der Waals surface area contributed by atoms with Crippen LogP contribution in [-0.4, -0.2) is 39.9 Å². The number of morpholine rings is 1. The Labute approximate surface area is 144 Å². The molecule has 6 heteroatoms. The van der Waals surface area contributed by atoms with Crippen LogP contribution >= 0.6 is 11.6 Å². The molecular formula is C18H16ClN3O2. The van der Waals surface area contributed by atoms with Crippen molar-refractivity contribution in [1.82, 2.24) is 14.3 Å². The topological polar surface area (TPSA) is 46.8 Å². The highest BCUT2D eigenvalue weighted by molar-refractivity contribution is 6.30. The van der Waals surface area contributed by atoms with Gasteiger partial charge in [-0.05, 0) is 11.6 Å². The summed E-state index contributed by atoms with van der Waals surface area (Å²) < 4.78 is 7.62. The largest absolute Gasteiger partial charge is 0.370 e. The first-order chi connectivity index (χ1) is 11.7. The molecule has 4 rings (SSSR count). The normalized spacial score (nSPS) is 18.0. The van der Waals surface area contributed by atoms with Crippen LogP contribution in [0, 0.1) is 0 Å². The highest BCUT2D eigenvalue weighted by Crippen LogP contribution is 2.23. The summed E-state index contributed by atoms with van der Waals surface area (Å²) in [7, 11) is 0. The number of benzene rings is 1. The molecule has 1 atom stereocenters. The van der Waals surface area contributed by atoms with Crippen molar-refractivity contribution in [3.05, 3.63) is 71.1 Å². The minimum atomic E-state index is -0.102. The van der Waals surface area contributed by atoms with Crippen molar-refractivity contribution in [2.24, 2.45) is 0 Å². The second-order valence-corrected chi connectivity index (χ2v) is 6.19. The number of aromatic nitrogens is 2. The summed E-state index contributed by atoms with van der Waals surface area (Å²) in [6, 6.07) is 13.5. The number of halogens is 1. The van der Waals surface area contributed by atoms with Gasteiger partial charge in [0.15, 0.2) is 0 Å². The van der Waals surface area contributed by atoms with Crippen molar-refractivity contribution < 1.29 is 9.53 Å². The Morgan fingerprint density at radius 1 is 1.25 bits per heavy atom. The Morgan fingerprint density at radius 3 is 2.92 bits per heavy atom. The van der Waals surface area contributed by atoms with Gasteiger partial charge in [0, 0.05) is 30.0 Å². The molecule has 0 bridgehead atoms. The van der Waals surface area contributed by atoms with E-state index in [1.165, 1.54) is 0 Å². The van der Waals surface area contributed by atoms with Crippen molar-refractivity contribution in [3.63, 3.8) is 0 Å². The standard InChI is InChI=1S/C18H16ClN3O2/c19-14-6-7-21-11-15(20-17(21)10-14)18(23)22-8-9-24-16(12-22)13-4-2-1-3-5-13/h1-7,10-11,16H,8-9,12H2/t16-/m0/s1. The van der Waals surface area contributed by atoms with Crippen LogP contribution in [0.5, 0.6) is 0 Å². The molecule has 122 valence electrons. The third-order valence-electron chi connectivity index (χ3n) is 4.17. The van der Waals surface area contributed by atoms with Gasteiger partial charge in [0.25, 0.3) is 5.91 Å². The number of fused-ring (bicyclic) bond motifs is 1. The molecule has 3 aromatic rings. The zero-order valence-electron chi connectivity index (χ0n) is 12.9. The summed E-state index contributed by atoms with van der Waals surface area (Å²) in [6.07, 6.45) is 3.43. The summed E-state index contributed by atoms with van der Waals surface area (Å²) in [5.41, 5.74) is 2.17. The smallest absolute Gasteiger partial charge is 0.274 e. The zero-order valence-corrected chi connectivity index (χ0v) is 13.7. The highest BCUT2D eigenvalue weighted by Gasteiger charge is 2.27. The average Bonchev–Trinajstić information content (AvgIpc) is 3.05. The van der Waals surface area contributed by atoms with E-state index < -0.39 is 0 Å². The quantitative estimate of drug-likeness (QED) is 0.719. The van der Waals surface area contributed by atoms with Crippen LogP contribution in [0.3, 0.4) is 0 Å². The van der Waals surface area contributed by atoms with Crippen LogP contribution in [0.4, 0.5) is 0 Å². The molecule has 5 nitrogen and oxygen atoms in total. The molecule has 2 aromatic heterocycles. The van der Waals surface area contributed by atoms with Crippen LogP contribution in [0.2, 0.25) is 5.02 Å². The molecule has 24 heavy (non-hydrogen) atoms. The minimum Gasteiger partial charge on any atom is -0.370 e. The van der Waals surface area contributed by atoms with Gasteiger partial charge in [-0.2, -0.15) is 0 Å². The molecule has 3 heterocycles. The van der Waals surface area contributed by atoms with Crippen molar-refractivity contribution in [2.75, 3.05) is 19.7 Å². The van der Waals surface area contributed by atoms with E-state index in [1.807, 2.05) is 30.3 Å². The molecule has 1 aromatic carbocycles. The molecular weight excluding hydrogens is 326 g/mol. The molecule has 1 aliphatic heterocycles. The number of amides is 1. The zero-order chi connectivity index (χ0) is 16.5. The van der Waals surface area contributed by atoms with Crippen LogP contribution in [-0.2, 0) is 4.74 Å². The fraction of sp³-hybridized carbons (Fsp3) is 0.222. The number of imidazole rings is 1. The van der Waals surface area contributed by atoms with Crippen molar-refractivity contribution >= 4 is 23.2 Å². The lowest BCUT2D eigenvalue weighted by molar-refractivity contribution is -0.0229. The van der Waals surface area contributed by atoms with Crippen molar-refractivity contribution in [2.45, 2.75) is 6.10 Å². The number of ether oxygens (including phenoxy) is 1. The Morgan fingerprint density at radius 2 is 2.08 bits per heavy atom. The van der Waals surface area contributed by atoms with E-state index in [2.05, 4.69) is 4.98 Å². The van der Waals surface area contributed by atoms with Crippen LogP contribution < -0.4 is 0 Å². The molecule has 1 fully saturated rings. The van der Waals surface area contributed by atoms with Gasteiger partial charge < -0.3 is 14.0 Å². The van der Waals surface area contributed by atoms with Crippen molar-refractivity contribution in [1.29, 1.82) is 0 Å². The number of carbonyl (C=O) groups excluding carboxylic acids is 1. The lowest BCUT2D eigenvalue weighted by Gasteiger charge is -2.32. The fourth-order valence-electron chi connectivity index (χ4n) is 2.93. The second-order valence-electron chi connectivity index (χ2n) is 5.76. The maximum atomic E-state index is 12.8. The summed E-state index contributed by atoms with van der Waals surface area (Å²) in [5.74, 6) is -0.0842. The Balaban J connectivity index is 1.56. The molecule has 1 amide bonds. The van der Waals surface area contributed by atoms with Gasteiger partial charge in [0.05, 0.1) is 13.2 Å². The fourth-order valence-corrected chi connectivity index (χ4v) is 3.08. The first-order valence-corrected chi connectivity index (χ1v) is 8.18. The Hall–Kier alpha value is -2.37. The van der Waals surface area contributed by atoms with E-state index in [9.17, 15) is 4.79 Å². The molecule has 0 spiro atoms. The number of hydrogen-bond acceptors (Lipinski definition) is 3. The first-order valence-electron chi connectivity index (χ1n) is 7.81. The van der Waals surface area contributed by atoms with Gasteiger partial charge in [-0.3, -0.25) is 4.79 Å². The van der Waals surface area contributed by atoms with Crippen LogP contribution in [0.15, 0.2) is 54.9 Å². The summed E-state index contributed by atoms with van der Waals surface area (Å²) >= 11 is 5.98. The molecule has 1 aliphatic rings. The Kier molecular flexibility index (Phi) is 3.96. The van der Waals surface area contributed by atoms with Crippen LogP contribution in [0.25, 0.3) is 5.65 Å². The number of nitrogens with zero attached hydrogens (tertiary/aromatic N) is 3. The highest BCUT2D eigenvalue weighted by atomic mass is 35.5. The number of hydrogen-bond donors (Lipinski definition) is 0. The summed E-state index contributed by atoms with van der Waals surface area (Å²) in [5, 5.41) is 0.600. The van der Waals surface area contributed by atoms with Crippen molar-refractivity contribution in [3.8, 4) is 0 Å². The lowest BCUT2D eigenvalue weighted by atomic mass is 10.1. The Bertz CT molecular complexity index is 878. The van der Waals surface area contributed by atoms with E-state index in [0.717, 1.165) is 5.56 Å². The van der Waals surface area contributed by atoms with Gasteiger partial charge >= 0.3 is 0 Å². The van der Waals surface area contributed by atoms with Crippen LogP contribution in [0.1, 0.15) is 22.2 Å². The molecule has 0 N–H and O–H groups in total. The molecule has 0 saturated carbocycles. The third-order valence-corrected chi connectivity index (χ3v) is 4.40. The summed E-state index contributed by atoms with van der Waals surface area (Å²) in [4.78, 5) is 19.0. The van der Waals surface area contributed by atoms with Gasteiger partial charge in [-0.1, -0.05) is 41.9 Å². The van der Waals surface area contributed by atoms with Gasteiger partial charge in [0.2, 0.25) is 0 Å².